The van der Waals surface area contributed by atoms with Crippen molar-refractivity contribution in [2.75, 3.05) is 20.2 Å². The first-order valence-corrected chi connectivity index (χ1v) is 4.99. The molecular formula is C10H19NO2. The monoisotopic (exact) mass is 185 g/mol. The second kappa shape index (κ2) is 4.61. The third-order valence-electron chi connectivity index (χ3n) is 3.14. The molecule has 3 heteroatoms. The summed E-state index contributed by atoms with van der Waals surface area (Å²) in [5.74, 6) is 1.06. The predicted molar refractivity (Wildman–Crippen MR) is 51.3 cm³/mol. The highest BCUT2D eigenvalue weighted by molar-refractivity contribution is 5.73. The van der Waals surface area contributed by atoms with Gasteiger partial charge in [0.1, 0.15) is 0 Å². The Morgan fingerprint density at radius 3 is 2.85 bits per heavy atom. The maximum absolute atomic E-state index is 11.4. The van der Waals surface area contributed by atoms with Gasteiger partial charge < -0.3 is 10.1 Å². The standard InChI is InChI=1S/C10H19NO2/c1-4-7(2)8-5-11-6-9(8)10(12)13-3/h7-9,11H,4-6H2,1-3H3. The molecule has 3 unspecified atom stereocenters. The first kappa shape index (κ1) is 10.5. The van der Waals surface area contributed by atoms with Gasteiger partial charge in [0, 0.05) is 6.54 Å². The largest absolute Gasteiger partial charge is 0.469 e. The molecule has 3 nitrogen and oxygen atoms in total. The molecule has 0 amide bonds. The third-order valence-corrected chi connectivity index (χ3v) is 3.14. The minimum Gasteiger partial charge on any atom is -0.469 e. The highest BCUT2D eigenvalue weighted by Crippen LogP contribution is 2.27. The highest BCUT2D eigenvalue weighted by Gasteiger charge is 2.36. The quantitative estimate of drug-likeness (QED) is 0.668. The highest BCUT2D eigenvalue weighted by atomic mass is 16.5. The van der Waals surface area contributed by atoms with Crippen molar-refractivity contribution in [3.8, 4) is 0 Å². The number of hydrogen-bond donors (Lipinski definition) is 1. The van der Waals surface area contributed by atoms with Gasteiger partial charge in [0.2, 0.25) is 0 Å². The molecule has 0 radical (unpaired) electrons. The molecule has 0 saturated carbocycles. The molecule has 1 fully saturated rings. The van der Waals surface area contributed by atoms with E-state index in [1.807, 2.05) is 0 Å². The van der Waals surface area contributed by atoms with Crippen LogP contribution in [-0.4, -0.2) is 26.2 Å². The summed E-state index contributed by atoms with van der Waals surface area (Å²) in [6, 6.07) is 0. The van der Waals surface area contributed by atoms with Crippen LogP contribution in [0.4, 0.5) is 0 Å². The van der Waals surface area contributed by atoms with Crippen molar-refractivity contribution in [1.82, 2.24) is 5.32 Å². The second-order valence-electron chi connectivity index (χ2n) is 3.84. The van der Waals surface area contributed by atoms with Crippen LogP contribution < -0.4 is 5.32 Å². The Labute approximate surface area is 79.8 Å². The molecular weight excluding hydrogens is 166 g/mol. The van der Waals surface area contributed by atoms with Gasteiger partial charge in [-0.05, 0) is 18.4 Å². The van der Waals surface area contributed by atoms with E-state index in [0.717, 1.165) is 19.5 Å². The molecule has 0 spiro atoms. The number of methoxy groups -OCH3 is 1. The third kappa shape index (κ3) is 2.21. The lowest BCUT2D eigenvalue weighted by Crippen LogP contribution is -2.27. The van der Waals surface area contributed by atoms with Crippen molar-refractivity contribution in [2.24, 2.45) is 17.8 Å². The molecule has 1 rings (SSSR count). The van der Waals surface area contributed by atoms with Gasteiger partial charge in [-0.3, -0.25) is 4.79 Å². The van der Waals surface area contributed by atoms with Crippen molar-refractivity contribution in [1.29, 1.82) is 0 Å². The van der Waals surface area contributed by atoms with Crippen molar-refractivity contribution in [3.63, 3.8) is 0 Å². The Kier molecular flexibility index (Phi) is 3.72. The predicted octanol–water partition coefficient (Wildman–Crippen LogP) is 1.04. The van der Waals surface area contributed by atoms with Crippen LogP contribution in [0.5, 0.6) is 0 Å². The maximum atomic E-state index is 11.4. The van der Waals surface area contributed by atoms with E-state index >= 15 is 0 Å². The molecule has 0 bridgehead atoms. The smallest absolute Gasteiger partial charge is 0.310 e. The zero-order valence-corrected chi connectivity index (χ0v) is 8.67. The molecule has 0 aromatic heterocycles. The Balaban J connectivity index is 2.58. The van der Waals surface area contributed by atoms with Gasteiger partial charge in [-0.1, -0.05) is 20.3 Å². The van der Waals surface area contributed by atoms with Crippen molar-refractivity contribution in [2.45, 2.75) is 20.3 Å². The second-order valence-corrected chi connectivity index (χ2v) is 3.84. The molecule has 76 valence electrons. The van der Waals surface area contributed by atoms with Crippen LogP contribution in [0.1, 0.15) is 20.3 Å². The van der Waals surface area contributed by atoms with E-state index < -0.39 is 0 Å². The van der Waals surface area contributed by atoms with Crippen molar-refractivity contribution < 1.29 is 9.53 Å². The Morgan fingerprint density at radius 2 is 2.31 bits per heavy atom. The number of carbonyl (C=O) groups is 1. The molecule has 3 atom stereocenters. The maximum Gasteiger partial charge on any atom is 0.310 e. The van der Waals surface area contributed by atoms with Crippen LogP contribution >= 0.6 is 0 Å². The van der Waals surface area contributed by atoms with E-state index in [0.29, 0.717) is 11.8 Å². The van der Waals surface area contributed by atoms with Crippen LogP contribution in [0.2, 0.25) is 0 Å². The molecule has 0 aliphatic carbocycles. The molecule has 1 heterocycles. The van der Waals surface area contributed by atoms with Crippen LogP contribution in [0, 0.1) is 17.8 Å². The molecule has 0 aromatic carbocycles. The zero-order valence-electron chi connectivity index (χ0n) is 8.67. The number of esters is 1. The van der Waals surface area contributed by atoms with E-state index in [9.17, 15) is 4.79 Å². The van der Waals surface area contributed by atoms with Crippen molar-refractivity contribution >= 4 is 5.97 Å². The molecule has 1 N–H and O–H groups in total. The van der Waals surface area contributed by atoms with Gasteiger partial charge in [0.25, 0.3) is 0 Å². The summed E-state index contributed by atoms with van der Waals surface area (Å²) in [5, 5.41) is 3.25. The van der Waals surface area contributed by atoms with Crippen LogP contribution in [0.3, 0.4) is 0 Å². The number of nitrogens with one attached hydrogen (secondary N) is 1. The SMILES string of the molecule is CCC(C)C1CNCC1C(=O)OC. The number of rotatable bonds is 3. The van der Waals surface area contributed by atoms with E-state index in [-0.39, 0.29) is 11.9 Å². The summed E-state index contributed by atoms with van der Waals surface area (Å²) in [7, 11) is 1.47. The lowest BCUT2D eigenvalue weighted by molar-refractivity contribution is -0.146. The zero-order chi connectivity index (χ0) is 9.84. The van der Waals surface area contributed by atoms with Crippen LogP contribution in [-0.2, 0) is 9.53 Å². The first-order valence-electron chi connectivity index (χ1n) is 4.99. The fourth-order valence-corrected chi connectivity index (χ4v) is 2.01. The number of ether oxygens (including phenoxy) is 1. The average molecular weight is 185 g/mol. The summed E-state index contributed by atoms with van der Waals surface area (Å²) >= 11 is 0. The van der Waals surface area contributed by atoms with Gasteiger partial charge >= 0.3 is 5.97 Å². The number of carbonyl (C=O) groups excluding carboxylic acids is 1. The van der Waals surface area contributed by atoms with Crippen LogP contribution in [0.15, 0.2) is 0 Å². The minimum atomic E-state index is -0.0599. The normalized spacial score (nSPS) is 30.1. The summed E-state index contributed by atoms with van der Waals surface area (Å²) in [6.07, 6.45) is 1.12. The fraction of sp³-hybridized carbons (Fsp3) is 0.900. The summed E-state index contributed by atoms with van der Waals surface area (Å²) < 4.78 is 4.78. The Morgan fingerprint density at radius 1 is 1.62 bits per heavy atom. The summed E-state index contributed by atoms with van der Waals surface area (Å²) in [4.78, 5) is 11.4. The fourth-order valence-electron chi connectivity index (χ4n) is 2.01. The average Bonchev–Trinajstić information content (AvgIpc) is 2.63. The molecule has 1 saturated heterocycles. The lowest BCUT2D eigenvalue weighted by Gasteiger charge is -2.21. The van der Waals surface area contributed by atoms with Crippen molar-refractivity contribution in [3.05, 3.63) is 0 Å². The summed E-state index contributed by atoms with van der Waals surface area (Å²) in [5.41, 5.74) is 0. The molecule has 0 aromatic rings. The van der Waals surface area contributed by atoms with Gasteiger partial charge in [0.05, 0.1) is 13.0 Å². The van der Waals surface area contributed by atoms with E-state index in [1.165, 1.54) is 7.11 Å². The minimum absolute atomic E-state index is 0.0599. The topological polar surface area (TPSA) is 38.3 Å². The summed E-state index contributed by atoms with van der Waals surface area (Å²) in [6.45, 7) is 6.10. The number of hydrogen-bond acceptors (Lipinski definition) is 3. The lowest BCUT2D eigenvalue weighted by atomic mass is 9.84. The molecule has 1 aliphatic rings. The van der Waals surface area contributed by atoms with Gasteiger partial charge in [-0.15, -0.1) is 0 Å². The van der Waals surface area contributed by atoms with E-state index in [4.69, 9.17) is 4.74 Å². The molecule has 13 heavy (non-hydrogen) atoms. The Hall–Kier alpha value is -0.570. The van der Waals surface area contributed by atoms with E-state index in [2.05, 4.69) is 19.2 Å². The van der Waals surface area contributed by atoms with E-state index in [1.54, 1.807) is 0 Å². The van der Waals surface area contributed by atoms with Gasteiger partial charge in [-0.2, -0.15) is 0 Å². The van der Waals surface area contributed by atoms with Crippen LogP contribution in [0.25, 0.3) is 0 Å². The van der Waals surface area contributed by atoms with Gasteiger partial charge in [0.15, 0.2) is 0 Å². The Bertz CT molecular complexity index is 182. The molecule has 1 aliphatic heterocycles. The first-order chi connectivity index (χ1) is 6.20. The van der Waals surface area contributed by atoms with Gasteiger partial charge in [-0.25, -0.2) is 0 Å².